The molecule has 3 atom stereocenters. The van der Waals surface area contributed by atoms with Crippen LogP contribution >= 0.6 is 0 Å². The molecule has 0 bridgehead atoms. The fourth-order valence-electron chi connectivity index (χ4n) is 3.91. The number of hydrogen-bond acceptors (Lipinski definition) is 3. The summed E-state index contributed by atoms with van der Waals surface area (Å²) in [5.41, 5.74) is 2.99. The molecule has 3 heteroatoms. The van der Waals surface area contributed by atoms with Crippen LogP contribution in [0.15, 0.2) is 41.9 Å². The Bertz CT molecular complexity index is 614. The van der Waals surface area contributed by atoms with Crippen LogP contribution in [0.5, 0.6) is 0 Å². The third kappa shape index (κ3) is 2.11. The van der Waals surface area contributed by atoms with Crippen LogP contribution in [-0.4, -0.2) is 29.5 Å². The number of hydrogen-bond donors (Lipinski definition) is 2. The summed E-state index contributed by atoms with van der Waals surface area (Å²) in [7, 11) is 0. The Labute approximate surface area is 133 Å². The molecule has 1 aromatic rings. The van der Waals surface area contributed by atoms with E-state index >= 15 is 0 Å². The Morgan fingerprint density at radius 1 is 1.45 bits per heavy atom. The number of aliphatic imine (C=N–C) groups is 1. The van der Waals surface area contributed by atoms with Gasteiger partial charge in [-0.05, 0) is 29.9 Å². The highest BCUT2D eigenvalue weighted by Crippen LogP contribution is 2.50. The first-order valence-electron chi connectivity index (χ1n) is 8.11. The fourth-order valence-corrected chi connectivity index (χ4v) is 3.91. The summed E-state index contributed by atoms with van der Waals surface area (Å²) in [6.45, 7) is 10.9. The second-order valence-electron chi connectivity index (χ2n) is 7.52. The summed E-state index contributed by atoms with van der Waals surface area (Å²) in [4.78, 5) is 4.76. The van der Waals surface area contributed by atoms with Gasteiger partial charge in [0.15, 0.2) is 0 Å². The van der Waals surface area contributed by atoms with Gasteiger partial charge in [-0.15, -0.1) is 6.58 Å². The van der Waals surface area contributed by atoms with E-state index < -0.39 is 6.10 Å². The summed E-state index contributed by atoms with van der Waals surface area (Å²) in [5.74, 6) is 0. The topological polar surface area (TPSA) is 44.6 Å². The van der Waals surface area contributed by atoms with Gasteiger partial charge in [0.05, 0.1) is 17.2 Å². The van der Waals surface area contributed by atoms with E-state index in [-0.39, 0.29) is 16.9 Å². The predicted octanol–water partition coefficient (Wildman–Crippen LogP) is 3.55. The zero-order valence-electron chi connectivity index (χ0n) is 13.8. The molecule has 3 rings (SSSR count). The number of anilines is 1. The molecule has 0 saturated heterocycles. The molecule has 1 spiro atoms. The SMILES string of the molecule is C=CC[C@H]1Nc2ccccc2[C@@]12CCN=C2[C@H](O)C(C)(C)C. The van der Waals surface area contributed by atoms with Gasteiger partial charge >= 0.3 is 0 Å². The number of fused-ring (bicyclic) bond motifs is 2. The second kappa shape index (κ2) is 5.24. The van der Waals surface area contributed by atoms with Gasteiger partial charge in [-0.3, -0.25) is 4.99 Å². The quantitative estimate of drug-likeness (QED) is 0.838. The summed E-state index contributed by atoms with van der Waals surface area (Å²) < 4.78 is 0. The first-order valence-corrected chi connectivity index (χ1v) is 8.11. The van der Waals surface area contributed by atoms with Crippen LogP contribution in [0.25, 0.3) is 0 Å². The Morgan fingerprint density at radius 3 is 2.86 bits per heavy atom. The smallest absolute Gasteiger partial charge is 0.0974 e. The van der Waals surface area contributed by atoms with E-state index in [0.29, 0.717) is 0 Å². The number of rotatable bonds is 3. The van der Waals surface area contributed by atoms with E-state index in [1.165, 1.54) is 11.3 Å². The van der Waals surface area contributed by atoms with Crippen LogP contribution in [-0.2, 0) is 5.41 Å². The lowest BCUT2D eigenvalue weighted by molar-refractivity contribution is 0.116. The van der Waals surface area contributed by atoms with Crippen LogP contribution in [0.2, 0.25) is 0 Å². The second-order valence-corrected chi connectivity index (χ2v) is 7.52. The fraction of sp³-hybridized carbons (Fsp3) is 0.526. The minimum Gasteiger partial charge on any atom is -0.387 e. The molecule has 3 nitrogen and oxygen atoms in total. The van der Waals surface area contributed by atoms with Crippen molar-refractivity contribution in [3.05, 3.63) is 42.5 Å². The molecule has 2 aliphatic heterocycles. The third-order valence-electron chi connectivity index (χ3n) is 5.06. The van der Waals surface area contributed by atoms with E-state index in [9.17, 15) is 5.11 Å². The van der Waals surface area contributed by atoms with E-state index in [0.717, 1.165) is 25.1 Å². The largest absolute Gasteiger partial charge is 0.387 e. The maximum Gasteiger partial charge on any atom is 0.0974 e. The Morgan fingerprint density at radius 2 is 2.18 bits per heavy atom. The zero-order valence-corrected chi connectivity index (χ0v) is 13.8. The molecule has 0 radical (unpaired) electrons. The van der Waals surface area contributed by atoms with Crippen molar-refractivity contribution in [1.29, 1.82) is 0 Å². The van der Waals surface area contributed by atoms with Crippen molar-refractivity contribution in [3.63, 3.8) is 0 Å². The van der Waals surface area contributed by atoms with E-state index in [1.54, 1.807) is 0 Å². The van der Waals surface area contributed by atoms with Crippen molar-refractivity contribution >= 4 is 11.4 Å². The van der Waals surface area contributed by atoms with Gasteiger partial charge in [0, 0.05) is 18.3 Å². The molecule has 0 fully saturated rings. The number of aliphatic hydroxyl groups is 1. The first kappa shape index (κ1) is 15.3. The van der Waals surface area contributed by atoms with Crippen molar-refractivity contribution in [3.8, 4) is 0 Å². The maximum absolute atomic E-state index is 10.9. The molecule has 0 aromatic heterocycles. The molecule has 2 aliphatic rings. The molecule has 0 unspecified atom stereocenters. The van der Waals surface area contributed by atoms with Gasteiger partial charge in [0.1, 0.15) is 0 Å². The van der Waals surface area contributed by atoms with Crippen molar-refractivity contribution in [1.82, 2.24) is 0 Å². The predicted molar refractivity (Wildman–Crippen MR) is 92.7 cm³/mol. The summed E-state index contributed by atoms with van der Waals surface area (Å²) >= 11 is 0. The highest BCUT2D eigenvalue weighted by Gasteiger charge is 2.54. The third-order valence-corrected chi connectivity index (χ3v) is 5.06. The van der Waals surface area contributed by atoms with Crippen LogP contribution in [0.3, 0.4) is 0 Å². The Hall–Kier alpha value is -1.61. The number of nitrogens with zero attached hydrogens (tertiary/aromatic N) is 1. The summed E-state index contributed by atoms with van der Waals surface area (Å²) in [6, 6.07) is 8.67. The lowest BCUT2D eigenvalue weighted by atomic mass is 9.66. The van der Waals surface area contributed by atoms with Gasteiger partial charge < -0.3 is 10.4 Å². The monoisotopic (exact) mass is 298 g/mol. The normalized spacial score (nSPS) is 28.2. The van der Waals surface area contributed by atoms with Crippen LogP contribution in [0.1, 0.15) is 39.2 Å². The van der Waals surface area contributed by atoms with Crippen molar-refractivity contribution < 1.29 is 5.11 Å². The van der Waals surface area contributed by atoms with Crippen molar-refractivity contribution in [2.75, 3.05) is 11.9 Å². The summed E-state index contributed by atoms with van der Waals surface area (Å²) in [6.07, 6.45) is 3.25. The van der Waals surface area contributed by atoms with Gasteiger partial charge in [-0.1, -0.05) is 45.0 Å². The molecule has 0 amide bonds. The molecular formula is C19H26N2O. The molecule has 2 heterocycles. The molecule has 2 N–H and O–H groups in total. The minimum absolute atomic E-state index is 0.197. The van der Waals surface area contributed by atoms with E-state index in [1.807, 2.05) is 6.08 Å². The molecule has 22 heavy (non-hydrogen) atoms. The first-order chi connectivity index (χ1) is 10.4. The zero-order chi connectivity index (χ0) is 16.0. The van der Waals surface area contributed by atoms with Crippen molar-refractivity contribution in [2.45, 2.75) is 51.2 Å². The Kier molecular flexibility index (Phi) is 3.64. The number of para-hydroxylation sites is 1. The van der Waals surface area contributed by atoms with Crippen molar-refractivity contribution in [2.24, 2.45) is 10.4 Å². The number of benzene rings is 1. The lowest BCUT2D eigenvalue weighted by Gasteiger charge is -2.38. The van der Waals surface area contributed by atoms with Crippen LogP contribution < -0.4 is 5.32 Å². The van der Waals surface area contributed by atoms with Gasteiger partial charge in [0.2, 0.25) is 0 Å². The highest BCUT2D eigenvalue weighted by molar-refractivity contribution is 6.03. The molecule has 0 aliphatic carbocycles. The summed E-state index contributed by atoms with van der Waals surface area (Å²) in [5, 5.41) is 14.6. The van der Waals surface area contributed by atoms with Crippen LogP contribution in [0.4, 0.5) is 5.69 Å². The molecule has 0 saturated carbocycles. The highest BCUT2D eigenvalue weighted by atomic mass is 16.3. The maximum atomic E-state index is 10.9. The van der Waals surface area contributed by atoms with Gasteiger partial charge in [-0.25, -0.2) is 0 Å². The Balaban J connectivity index is 2.12. The van der Waals surface area contributed by atoms with Gasteiger partial charge in [-0.2, -0.15) is 0 Å². The average molecular weight is 298 g/mol. The van der Waals surface area contributed by atoms with Gasteiger partial charge in [0.25, 0.3) is 0 Å². The average Bonchev–Trinajstić information content (AvgIpc) is 3.03. The minimum atomic E-state index is -0.532. The molecular weight excluding hydrogens is 272 g/mol. The van der Waals surface area contributed by atoms with Crippen LogP contribution in [0, 0.1) is 5.41 Å². The lowest BCUT2D eigenvalue weighted by Crippen LogP contribution is -2.51. The standard InChI is InChI=1S/C19H26N2O/c1-5-8-15-19(13-9-6-7-10-14(13)21-15)11-12-20-16(19)17(22)18(2,3)4/h5-7,9-10,15,17,21-22H,1,8,11-12H2,2-4H3/t15-,17+,19+/m1/s1. The number of aliphatic hydroxyl groups excluding tert-OH is 1. The van der Waals surface area contributed by atoms with E-state index in [2.05, 4.69) is 56.9 Å². The van der Waals surface area contributed by atoms with E-state index in [4.69, 9.17) is 4.99 Å². The molecule has 1 aromatic carbocycles. The number of nitrogens with one attached hydrogen (secondary N) is 1. The molecule has 118 valence electrons.